The number of nitrogens with one attached hydrogen (secondary N) is 1. The molecule has 0 saturated carbocycles. The first-order valence-electron chi connectivity index (χ1n) is 8.35. The van der Waals surface area contributed by atoms with Crippen LogP contribution in [0.1, 0.15) is 23.4 Å². The molecule has 4 rings (SSSR count). The summed E-state index contributed by atoms with van der Waals surface area (Å²) >= 11 is 0. The van der Waals surface area contributed by atoms with Crippen molar-refractivity contribution in [3.05, 3.63) is 65.6 Å². The molecule has 134 valence electrons. The zero-order chi connectivity index (χ0) is 18.3. The van der Waals surface area contributed by atoms with Crippen molar-refractivity contribution in [2.45, 2.75) is 25.4 Å². The number of halogens is 3. The number of aromatic nitrogens is 2. The van der Waals surface area contributed by atoms with Crippen molar-refractivity contribution in [3.8, 4) is 0 Å². The summed E-state index contributed by atoms with van der Waals surface area (Å²) in [5.74, 6) is -0.557. The van der Waals surface area contributed by atoms with Gasteiger partial charge in [-0.05, 0) is 43.2 Å². The highest BCUT2D eigenvalue weighted by atomic mass is 19.4. The van der Waals surface area contributed by atoms with Gasteiger partial charge in [0.2, 0.25) is 5.91 Å². The van der Waals surface area contributed by atoms with Gasteiger partial charge in [0.15, 0.2) is 0 Å². The van der Waals surface area contributed by atoms with Gasteiger partial charge in [-0.25, -0.2) is 4.98 Å². The molecule has 4 nitrogen and oxygen atoms in total. The van der Waals surface area contributed by atoms with Crippen molar-refractivity contribution in [2.75, 3.05) is 5.32 Å². The molecule has 1 aromatic carbocycles. The molecule has 0 bridgehead atoms. The Morgan fingerprint density at radius 1 is 1.19 bits per heavy atom. The van der Waals surface area contributed by atoms with Crippen molar-refractivity contribution < 1.29 is 18.0 Å². The Hall–Kier alpha value is -2.83. The van der Waals surface area contributed by atoms with Crippen LogP contribution in [0.3, 0.4) is 0 Å². The van der Waals surface area contributed by atoms with E-state index < -0.39 is 11.7 Å². The molecule has 0 aliphatic heterocycles. The Morgan fingerprint density at radius 3 is 2.85 bits per heavy atom. The molecule has 1 N–H and O–H groups in total. The molecule has 3 aromatic rings. The topological polar surface area (TPSA) is 46.4 Å². The minimum absolute atomic E-state index is 0.161. The number of carbonyl (C=O) groups is 1. The standard InChI is InChI=1S/C19H16F3N3O/c20-19(21,22)13-4-3-5-14(11-13)23-18(26)12-7-8-15-16(10-12)25-9-2-1-6-17(25)24-15/h1-6,9,11-12H,7-8,10H2,(H,23,26). The quantitative estimate of drug-likeness (QED) is 0.749. The summed E-state index contributed by atoms with van der Waals surface area (Å²) in [6, 6.07) is 10.4. The van der Waals surface area contributed by atoms with Crippen molar-refractivity contribution in [2.24, 2.45) is 5.92 Å². The number of rotatable bonds is 2. The lowest BCUT2D eigenvalue weighted by molar-refractivity contribution is -0.137. The van der Waals surface area contributed by atoms with Crippen LogP contribution in [-0.2, 0) is 23.8 Å². The van der Waals surface area contributed by atoms with Gasteiger partial charge in [0.05, 0.1) is 11.3 Å². The largest absolute Gasteiger partial charge is 0.416 e. The monoisotopic (exact) mass is 359 g/mol. The smallest absolute Gasteiger partial charge is 0.326 e. The SMILES string of the molecule is O=C(Nc1cccc(C(F)(F)F)c1)C1CCc2nc3ccccn3c2C1. The van der Waals surface area contributed by atoms with Crippen LogP contribution in [0.15, 0.2) is 48.7 Å². The fourth-order valence-electron chi connectivity index (χ4n) is 3.40. The second kappa shape index (κ2) is 6.16. The van der Waals surface area contributed by atoms with Crippen molar-refractivity contribution >= 4 is 17.2 Å². The minimum atomic E-state index is -4.43. The number of alkyl halides is 3. The molecule has 0 spiro atoms. The van der Waals surface area contributed by atoms with E-state index >= 15 is 0 Å². The van der Waals surface area contributed by atoms with Crippen LogP contribution in [0.5, 0.6) is 0 Å². The lowest BCUT2D eigenvalue weighted by atomic mass is 9.89. The highest BCUT2D eigenvalue weighted by Gasteiger charge is 2.31. The van der Waals surface area contributed by atoms with Crippen LogP contribution >= 0.6 is 0 Å². The fraction of sp³-hybridized carbons (Fsp3) is 0.263. The van der Waals surface area contributed by atoms with Crippen molar-refractivity contribution in [1.82, 2.24) is 9.38 Å². The van der Waals surface area contributed by atoms with E-state index in [1.165, 1.54) is 12.1 Å². The van der Waals surface area contributed by atoms with E-state index in [-0.39, 0.29) is 17.5 Å². The number of anilines is 1. The van der Waals surface area contributed by atoms with Gasteiger partial charge in [-0.3, -0.25) is 4.79 Å². The Bertz CT molecular complexity index is 978. The molecule has 1 aliphatic rings. The Labute approximate surface area is 147 Å². The van der Waals surface area contributed by atoms with Gasteiger partial charge in [-0.15, -0.1) is 0 Å². The number of hydrogen-bond acceptors (Lipinski definition) is 2. The van der Waals surface area contributed by atoms with Gasteiger partial charge in [-0.2, -0.15) is 13.2 Å². The maximum absolute atomic E-state index is 12.8. The molecular weight excluding hydrogens is 343 g/mol. The zero-order valence-electron chi connectivity index (χ0n) is 13.8. The summed E-state index contributed by atoms with van der Waals surface area (Å²) < 4.78 is 40.4. The van der Waals surface area contributed by atoms with Crippen LogP contribution in [0.4, 0.5) is 18.9 Å². The molecule has 7 heteroatoms. The third kappa shape index (κ3) is 3.05. The Balaban J connectivity index is 1.53. The molecule has 0 saturated heterocycles. The lowest BCUT2D eigenvalue weighted by Gasteiger charge is -2.21. The third-order valence-electron chi connectivity index (χ3n) is 4.71. The van der Waals surface area contributed by atoms with Crippen molar-refractivity contribution in [3.63, 3.8) is 0 Å². The number of carbonyl (C=O) groups excluding carboxylic acids is 1. The lowest BCUT2D eigenvalue weighted by Crippen LogP contribution is -2.28. The van der Waals surface area contributed by atoms with Crippen molar-refractivity contribution in [1.29, 1.82) is 0 Å². The van der Waals surface area contributed by atoms with Crippen LogP contribution in [-0.4, -0.2) is 15.3 Å². The summed E-state index contributed by atoms with van der Waals surface area (Å²) in [6.07, 6.45) is -0.698. The first kappa shape index (κ1) is 16.6. The number of benzene rings is 1. The van der Waals surface area contributed by atoms with Crippen LogP contribution in [0.25, 0.3) is 5.65 Å². The highest BCUT2D eigenvalue weighted by molar-refractivity contribution is 5.93. The summed E-state index contributed by atoms with van der Waals surface area (Å²) in [5, 5.41) is 2.63. The van der Waals surface area contributed by atoms with E-state index in [4.69, 9.17) is 0 Å². The predicted molar refractivity (Wildman–Crippen MR) is 90.8 cm³/mol. The minimum Gasteiger partial charge on any atom is -0.326 e. The molecule has 26 heavy (non-hydrogen) atoms. The molecular formula is C19H16F3N3O. The van der Waals surface area contributed by atoms with Gasteiger partial charge < -0.3 is 9.72 Å². The third-order valence-corrected chi connectivity index (χ3v) is 4.71. The molecule has 1 aliphatic carbocycles. The maximum Gasteiger partial charge on any atom is 0.416 e. The molecule has 1 atom stereocenters. The fourth-order valence-corrected chi connectivity index (χ4v) is 3.40. The summed E-state index contributed by atoms with van der Waals surface area (Å²) in [7, 11) is 0. The summed E-state index contributed by atoms with van der Waals surface area (Å²) in [4.78, 5) is 17.2. The molecule has 2 aromatic heterocycles. The molecule has 1 amide bonds. The average molecular weight is 359 g/mol. The van der Waals surface area contributed by atoms with Crippen LogP contribution in [0.2, 0.25) is 0 Å². The number of aryl methyl sites for hydroxylation is 1. The number of amides is 1. The van der Waals surface area contributed by atoms with E-state index in [1.54, 1.807) is 0 Å². The van der Waals surface area contributed by atoms with E-state index in [2.05, 4.69) is 10.3 Å². The Kier molecular flexibility index (Phi) is 3.94. The second-order valence-electron chi connectivity index (χ2n) is 6.44. The number of pyridine rings is 1. The van der Waals surface area contributed by atoms with Crippen LogP contribution in [0, 0.1) is 5.92 Å². The number of hydrogen-bond donors (Lipinski definition) is 1. The average Bonchev–Trinajstić information content (AvgIpc) is 2.99. The highest BCUT2D eigenvalue weighted by Crippen LogP contribution is 2.31. The number of imidazole rings is 1. The van der Waals surface area contributed by atoms with Gasteiger partial charge in [0.25, 0.3) is 0 Å². The summed E-state index contributed by atoms with van der Waals surface area (Å²) in [5.41, 5.74) is 2.21. The number of nitrogens with zero attached hydrogens (tertiary/aromatic N) is 2. The zero-order valence-corrected chi connectivity index (χ0v) is 13.8. The first-order valence-corrected chi connectivity index (χ1v) is 8.35. The maximum atomic E-state index is 12.8. The predicted octanol–water partition coefficient (Wildman–Crippen LogP) is 4.10. The number of fused-ring (bicyclic) bond motifs is 3. The Morgan fingerprint density at radius 2 is 2.04 bits per heavy atom. The van der Waals surface area contributed by atoms with Crippen LogP contribution < -0.4 is 5.32 Å². The van der Waals surface area contributed by atoms with E-state index in [0.717, 1.165) is 29.2 Å². The van der Waals surface area contributed by atoms with Gasteiger partial charge in [-0.1, -0.05) is 12.1 Å². The molecule has 0 radical (unpaired) electrons. The molecule has 1 unspecified atom stereocenters. The van der Waals surface area contributed by atoms with E-state index in [9.17, 15) is 18.0 Å². The van der Waals surface area contributed by atoms with E-state index in [0.29, 0.717) is 19.3 Å². The van der Waals surface area contributed by atoms with Gasteiger partial charge in [0, 0.05) is 29.9 Å². The normalized spacial score (nSPS) is 17.1. The van der Waals surface area contributed by atoms with Gasteiger partial charge in [0.1, 0.15) is 5.65 Å². The van der Waals surface area contributed by atoms with Gasteiger partial charge >= 0.3 is 6.18 Å². The second-order valence-corrected chi connectivity index (χ2v) is 6.44. The van der Waals surface area contributed by atoms with E-state index in [1.807, 2.05) is 28.8 Å². The first-order chi connectivity index (χ1) is 12.4. The molecule has 2 heterocycles. The molecule has 0 fully saturated rings. The summed E-state index contributed by atoms with van der Waals surface area (Å²) in [6.45, 7) is 0.